The van der Waals surface area contributed by atoms with Crippen molar-refractivity contribution in [2.75, 3.05) is 7.11 Å². The molecule has 1 nitrogen and oxygen atoms in total. The molecule has 0 aliphatic heterocycles. The minimum Gasteiger partial charge on any atom is -0.497 e. The minimum atomic E-state index is 0.833. The molecule has 0 amide bonds. The smallest absolute Gasteiger partial charge is 0.118 e. The summed E-state index contributed by atoms with van der Waals surface area (Å²) in [7, 11) is 1.66. The Morgan fingerprint density at radius 3 is 1.54 bits per heavy atom. The first-order chi connectivity index (χ1) is 13.8. The summed E-state index contributed by atoms with van der Waals surface area (Å²) in [6, 6.07) is 30.3. The minimum absolute atomic E-state index is 0.833. The molecule has 0 aliphatic rings. The molecule has 0 saturated heterocycles. The van der Waals surface area contributed by atoms with E-state index in [1.54, 1.807) is 7.11 Å². The van der Waals surface area contributed by atoms with Gasteiger partial charge in [0.1, 0.15) is 5.75 Å². The summed E-state index contributed by atoms with van der Waals surface area (Å²) in [5.41, 5.74) is 3.92. The second kappa shape index (κ2) is 8.17. The van der Waals surface area contributed by atoms with Crippen LogP contribution in [0.3, 0.4) is 0 Å². The van der Waals surface area contributed by atoms with Crippen molar-refractivity contribution in [1.82, 2.24) is 0 Å². The van der Waals surface area contributed by atoms with Crippen LogP contribution in [0.15, 0.2) is 91.0 Å². The summed E-state index contributed by atoms with van der Waals surface area (Å²) >= 11 is 0. The predicted octanol–water partition coefficient (Wildman–Crippen LogP) is 5.65. The number of methoxy groups -OCH3 is 1. The van der Waals surface area contributed by atoms with Crippen LogP contribution in [-0.4, -0.2) is 7.11 Å². The topological polar surface area (TPSA) is 9.23 Å². The largest absolute Gasteiger partial charge is 0.497 e. The van der Waals surface area contributed by atoms with Crippen LogP contribution < -0.4 is 4.74 Å². The second-order valence-electron chi connectivity index (χ2n) is 6.37. The van der Waals surface area contributed by atoms with Gasteiger partial charge in [-0.3, -0.25) is 0 Å². The molecule has 0 bridgehead atoms. The van der Waals surface area contributed by atoms with Gasteiger partial charge in [0.2, 0.25) is 0 Å². The van der Waals surface area contributed by atoms with E-state index in [-0.39, 0.29) is 0 Å². The van der Waals surface area contributed by atoms with Gasteiger partial charge in [-0.2, -0.15) is 0 Å². The van der Waals surface area contributed by atoms with Gasteiger partial charge in [-0.05, 0) is 71.4 Å². The standard InChI is InChI=1S/C27H18O/c1-28-27-18-15-23(16-19-27)11-10-21-6-8-22(9-7-21)12-13-24-14-17-25-4-2-3-5-26(25)20-24/h2-9,14-20H,1H3. The van der Waals surface area contributed by atoms with Crippen molar-refractivity contribution in [3.05, 3.63) is 113 Å². The number of rotatable bonds is 1. The maximum Gasteiger partial charge on any atom is 0.118 e. The summed E-state index contributed by atoms with van der Waals surface area (Å²) in [6.07, 6.45) is 0. The fraction of sp³-hybridized carbons (Fsp3) is 0.0370. The average Bonchev–Trinajstić information content (AvgIpc) is 2.77. The molecule has 0 N–H and O–H groups in total. The molecule has 0 atom stereocenters. The molecular weight excluding hydrogens is 340 g/mol. The monoisotopic (exact) mass is 358 g/mol. The fourth-order valence-electron chi connectivity index (χ4n) is 2.87. The second-order valence-corrected chi connectivity index (χ2v) is 6.37. The Morgan fingerprint density at radius 1 is 0.500 bits per heavy atom. The van der Waals surface area contributed by atoms with Gasteiger partial charge in [0.05, 0.1) is 7.11 Å². The van der Waals surface area contributed by atoms with E-state index in [4.69, 9.17) is 4.74 Å². The van der Waals surface area contributed by atoms with E-state index in [1.165, 1.54) is 10.8 Å². The highest BCUT2D eigenvalue weighted by atomic mass is 16.5. The molecule has 4 aromatic carbocycles. The van der Waals surface area contributed by atoms with E-state index in [0.717, 1.165) is 28.0 Å². The van der Waals surface area contributed by atoms with Crippen LogP contribution in [0.5, 0.6) is 5.75 Å². The lowest BCUT2D eigenvalue weighted by molar-refractivity contribution is 0.415. The van der Waals surface area contributed by atoms with Crippen molar-refractivity contribution in [2.45, 2.75) is 0 Å². The zero-order valence-electron chi connectivity index (χ0n) is 15.6. The Bertz CT molecular complexity index is 1230. The van der Waals surface area contributed by atoms with E-state index < -0.39 is 0 Å². The highest BCUT2D eigenvalue weighted by molar-refractivity contribution is 5.83. The fourth-order valence-corrected chi connectivity index (χ4v) is 2.87. The number of fused-ring (bicyclic) bond motifs is 1. The SMILES string of the molecule is COc1ccc(C#Cc2ccc(C#Cc3ccc4ccccc4c3)cc2)cc1. The van der Waals surface area contributed by atoms with Crippen LogP contribution in [0.2, 0.25) is 0 Å². The number of hydrogen-bond acceptors (Lipinski definition) is 1. The third kappa shape index (κ3) is 4.24. The van der Waals surface area contributed by atoms with Crippen molar-refractivity contribution in [3.63, 3.8) is 0 Å². The van der Waals surface area contributed by atoms with Crippen LogP contribution in [0, 0.1) is 23.7 Å². The summed E-state index contributed by atoms with van der Waals surface area (Å²) in [4.78, 5) is 0. The predicted molar refractivity (Wildman–Crippen MR) is 115 cm³/mol. The van der Waals surface area contributed by atoms with Crippen molar-refractivity contribution >= 4 is 10.8 Å². The van der Waals surface area contributed by atoms with Gasteiger partial charge in [0.15, 0.2) is 0 Å². The maximum absolute atomic E-state index is 5.16. The molecule has 132 valence electrons. The quantitative estimate of drug-likeness (QED) is 0.400. The molecule has 4 rings (SSSR count). The molecule has 1 heteroatoms. The van der Waals surface area contributed by atoms with Gasteiger partial charge in [-0.15, -0.1) is 0 Å². The molecule has 0 saturated carbocycles. The van der Waals surface area contributed by atoms with Gasteiger partial charge in [-0.25, -0.2) is 0 Å². The van der Waals surface area contributed by atoms with Crippen molar-refractivity contribution in [1.29, 1.82) is 0 Å². The van der Waals surface area contributed by atoms with E-state index in [9.17, 15) is 0 Å². The molecule has 0 heterocycles. The van der Waals surface area contributed by atoms with Crippen LogP contribution in [0.4, 0.5) is 0 Å². The Kier molecular flexibility index (Phi) is 5.10. The normalized spacial score (nSPS) is 9.75. The molecule has 0 fully saturated rings. The lowest BCUT2D eigenvalue weighted by Gasteiger charge is -1.98. The summed E-state index contributed by atoms with van der Waals surface area (Å²) < 4.78 is 5.16. The molecule has 0 aromatic heterocycles. The molecule has 0 radical (unpaired) electrons. The highest BCUT2D eigenvalue weighted by Crippen LogP contribution is 2.15. The van der Waals surface area contributed by atoms with E-state index >= 15 is 0 Å². The van der Waals surface area contributed by atoms with E-state index in [2.05, 4.69) is 54.0 Å². The van der Waals surface area contributed by atoms with Gasteiger partial charge in [0, 0.05) is 22.3 Å². The number of hydrogen-bond donors (Lipinski definition) is 0. The zero-order chi connectivity index (χ0) is 19.2. The van der Waals surface area contributed by atoms with Crippen molar-refractivity contribution < 1.29 is 4.74 Å². The highest BCUT2D eigenvalue weighted by Gasteiger charge is 1.94. The van der Waals surface area contributed by atoms with Gasteiger partial charge < -0.3 is 4.74 Å². The molecule has 28 heavy (non-hydrogen) atoms. The third-order valence-corrected chi connectivity index (χ3v) is 4.43. The molecule has 0 spiro atoms. The Labute approximate surface area is 165 Å². The summed E-state index contributed by atoms with van der Waals surface area (Å²) in [5, 5.41) is 2.44. The Morgan fingerprint density at radius 2 is 0.964 bits per heavy atom. The maximum atomic E-state index is 5.16. The first-order valence-electron chi connectivity index (χ1n) is 9.07. The third-order valence-electron chi connectivity index (χ3n) is 4.43. The van der Waals surface area contributed by atoms with E-state index in [0.29, 0.717) is 0 Å². The Hall–Kier alpha value is -3.94. The Balaban J connectivity index is 1.49. The van der Waals surface area contributed by atoms with Gasteiger partial charge >= 0.3 is 0 Å². The molecule has 4 aromatic rings. The van der Waals surface area contributed by atoms with Crippen LogP contribution in [0.1, 0.15) is 22.3 Å². The first kappa shape index (κ1) is 17.5. The van der Waals surface area contributed by atoms with Crippen LogP contribution in [0.25, 0.3) is 10.8 Å². The molecular formula is C27H18O. The average molecular weight is 358 g/mol. The first-order valence-corrected chi connectivity index (χ1v) is 9.07. The zero-order valence-corrected chi connectivity index (χ0v) is 15.6. The van der Waals surface area contributed by atoms with Crippen molar-refractivity contribution in [3.8, 4) is 29.4 Å². The van der Waals surface area contributed by atoms with E-state index in [1.807, 2.05) is 60.7 Å². The molecule has 0 unspecified atom stereocenters. The lowest BCUT2D eigenvalue weighted by atomic mass is 10.1. The van der Waals surface area contributed by atoms with Crippen molar-refractivity contribution in [2.24, 2.45) is 0 Å². The number of benzene rings is 4. The lowest BCUT2D eigenvalue weighted by Crippen LogP contribution is -1.82. The number of ether oxygens (including phenoxy) is 1. The van der Waals surface area contributed by atoms with Gasteiger partial charge in [0.25, 0.3) is 0 Å². The van der Waals surface area contributed by atoms with Crippen LogP contribution >= 0.6 is 0 Å². The summed E-state index contributed by atoms with van der Waals surface area (Å²) in [6.45, 7) is 0. The van der Waals surface area contributed by atoms with Gasteiger partial charge in [-0.1, -0.05) is 54.0 Å². The van der Waals surface area contributed by atoms with Crippen LogP contribution in [-0.2, 0) is 0 Å². The molecule has 0 aliphatic carbocycles. The summed E-state index contributed by atoms with van der Waals surface area (Å²) in [5.74, 6) is 13.6.